The summed E-state index contributed by atoms with van der Waals surface area (Å²) in [5.41, 5.74) is 0.662. The van der Waals surface area contributed by atoms with Gasteiger partial charge < -0.3 is 10.6 Å². The van der Waals surface area contributed by atoms with Crippen molar-refractivity contribution in [3.05, 3.63) is 30.2 Å². The van der Waals surface area contributed by atoms with Crippen LogP contribution in [0.1, 0.15) is 57.2 Å². The molecule has 7 nitrogen and oxygen atoms in total. The normalized spacial score (nSPS) is 29.9. The van der Waals surface area contributed by atoms with Crippen LogP contribution in [-0.4, -0.2) is 33.0 Å². The van der Waals surface area contributed by atoms with Crippen molar-refractivity contribution in [3.63, 3.8) is 0 Å². The van der Waals surface area contributed by atoms with Gasteiger partial charge >= 0.3 is 0 Å². The topological polar surface area (TPSA) is 88.4 Å². The first kappa shape index (κ1) is 18.6. The van der Waals surface area contributed by atoms with Gasteiger partial charge in [-0.05, 0) is 74.8 Å². The Hall–Kier alpha value is -2.44. The molecule has 2 N–H and O–H groups in total. The Morgan fingerprint density at radius 2 is 1.76 bits per heavy atom. The fourth-order valence-corrected chi connectivity index (χ4v) is 6.30. The molecule has 154 valence electrons. The van der Waals surface area contributed by atoms with Crippen LogP contribution < -0.4 is 10.6 Å². The standard InChI is InChI=1S/C22H29N5O2/c28-20(24-14-19-26-25-18-4-1-2-7-27(18)19)5-3-6-23-21(29)22-11-15-8-16(12-22)10-17(9-15)13-22/h1-2,4,7,15-17H,3,5-6,8-14H2,(H,23,29)(H,24,28). The Morgan fingerprint density at radius 1 is 1.03 bits per heavy atom. The van der Waals surface area contributed by atoms with Crippen LogP contribution in [0.4, 0.5) is 0 Å². The third kappa shape index (κ3) is 3.63. The molecule has 4 aliphatic carbocycles. The minimum Gasteiger partial charge on any atom is -0.356 e. The van der Waals surface area contributed by atoms with E-state index in [0.717, 1.165) is 42.7 Å². The van der Waals surface area contributed by atoms with Gasteiger partial charge in [0.05, 0.1) is 6.54 Å². The molecule has 2 heterocycles. The van der Waals surface area contributed by atoms with Crippen molar-refractivity contribution in [2.45, 2.75) is 57.9 Å². The quantitative estimate of drug-likeness (QED) is 0.705. The number of nitrogens with one attached hydrogen (secondary N) is 2. The van der Waals surface area contributed by atoms with Gasteiger partial charge in [0.1, 0.15) is 0 Å². The van der Waals surface area contributed by atoms with Crippen molar-refractivity contribution in [2.24, 2.45) is 23.2 Å². The molecule has 4 saturated carbocycles. The fraction of sp³-hybridized carbons (Fsp3) is 0.636. The van der Waals surface area contributed by atoms with E-state index >= 15 is 0 Å². The third-order valence-electron chi connectivity index (χ3n) is 7.21. The van der Waals surface area contributed by atoms with Gasteiger partial charge in [-0.1, -0.05) is 6.07 Å². The molecule has 4 fully saturated rings. The molecular weight excluding hydrogens is 366 g/mol. The summed E-state index contributed by atoms with van der Waals surface area (Å²) in [5, 5.41) is 14.2. The summed E-state index contributed by atoms with van der Waals surface area (Å²) in [7, 11) is 0. The van der Waals surface area contributed by atoms with Gasteiger partial charge in [-0.25, -0.2) is 0 Å². The van der Waals surface area contributed by atoms with Crippen LogP contribution in [0.5, 0.6) is 0 Å². The van der Waals surface area contributed by atoms with E-state index in [0.29, 0.717) is 31.8 Å². The lowest BCUT2D eigenvalue weighted by Crippen LogP contribution is -2.53. The van der Waals surface area contributed by atoms with Crippen molar-refractivity contribution in [3.8, 4) is 0 Å². The summed E-state index contributed by atoms with van der Waals surface area (Å²) in [4.78, 5) is 25.1. The first-order chi connectivity index (χ1) is 14.1. The lowest BCUT2D eigenvalue weighted by molar-refractivity contribution is -0.146. The number of amides is 2. The highest BCUT2D eigenvalue weighted by Gasteiger charge is 2.54. The summed E-state index contributed by atoms with van der Waals surface area (Å²) >= 11 is 0. The van der Waals surface area contributed by atoms with Gasteiger partial charge in [-0.3, -0.25) is 14.0 Å². The van der Waals surface area contributed by atoms with Crippen LogP contribution >= 0.6 is 0 Å². The zero-order valence-corrected chi connectivity index (χ0v) is 16.8. The summed E-state index contributed by atoms with van der Waals surface area (Å²) in [5.74, 6) is 3.24. The Kier molecular flexibility index (Phi) is 4.76. The van der Waals surface area contributed by atoms with E-state index in [9.17, 15) is 9.59 Å². The van der Waals surface area contributed by atoms with E-state index < -0.39 is 0 Å². The molecule has 2 aromatic rings. The molecule has 0 radical (unpaired) electrons. The Morgan fingerprint density at radius 3 is 2.48 bits per heavy atom. The van der Waals surface area contributed by atoms with E-state index in [-0.39, 0.29) is 17.2 Å². The molecule has 6 rings (SSSR count). The summed E-state index contributed by atoms with van der Waals surface area (Å²) < 4.78 is 1.87. The molecule has 7 heteroatoms. The second kappa shape index (κ2) is 7.43. The van der Waals surface area contributed by atoms with Crippen LogP contribution in [0.3, 0.4) is 0 Å². The molecule has 2 aromatic heterocycles. The van der Waals surface area contributed by atoms with E-state index in [1.54, 1.807) is 0 Å². The molecule has 0 aromatic carbocycles. The van der Waals surface area contributed by atoms with Gasteiger partial charge in [0.25, 0.3) is 0 Å². The first-order valence-electron chi connectivity index (χ1n) is 10.9. The maximum absolute atomic E-state index is 12.9. The smallest absolute Gasteiger partial charge is 0.226 e. The number of carbonyl (C=O) groups is 2. The summed E-state index contributed by atoms with van der Waals surface area (Å²) in [6, 6.07) is 5.70. The van der Waals surface area contributed by atoms with Crippen LogP contribution in [0.15, 0.2) is 24.4 Å². The number of fused-ring (bicyclic) bond motifs is 1. The molecule has 4 bridgehead atoms. The van der Waals surface area contributed by atoms with E-state index in [2.05, 4.69) is 20.8 Å². The highest BCUT2D eigenvalue weighted by atomic mass is 16.2. The predicted molar refractivity (Wildman–Crippen MR) is 108 cm³/mol. The lowest BCUT2D eigenvalue weighted by atomic mass is 9.49. The number of hydrogen-bond acceptors (Lipinski definition) is 4. The van der Waals surface area contributed by atoms with Gasteiger partial charge in [0.15, 0.2) is 11.5 Å². The van der Waals surface area contributed by atoms with Gasteiger partial charge in [0, 0.05) is 24.6 Å². The minimum absolute atomic E-state index is 0.0262. The molecular formula is C22H29N5O2. The molecule has 29 heavy (non-hydrogen) atoms. The Labute approximate surface area is 170 Å². The SMILES string of the molecule is O=C(CCCNC(=O)C12CC3CC(CC(C3)C1)C2)NCc1nnc2ccccn12. The van der Waals surface area contributed by atoms with Crippen LogP contribution in [-0.2, 0) is 16.1 Å². The summed E-state index contributed by atoms with van der Waals surface area (Å²) in [6.07, 6.45) is 10.2. The molecule has 0 spiro atoms. The molecule has 0 saturated heterocycles. The monoisotopic (exact) mass is 395 g/mol. The van der Waals surface area contributed by atoms with Crippen LogP contribution in [0.2, 0.25) is 0 Å². The molecule has 4 aliphatic rings. The Balaban J connectivity index is 1.05. The van der Waals surface area contributed by atoms with Crippen molar-refractivity contribution in [1.29, 1.82) is 0 Å². The van der Waals surface area contributed by atoms with E-state index in [1.807, 2.05) is 28.8 Å². The summed E-state index contributed by atoms with van der Waals surface area (Å²) in [6.45, 7) is 0.922. The maximum atomic E-state index is 12.9. The Bertz CT molecular complexity index is 886. The number of rotatable bonds is 7. The average molecular weight is 396 g/mol. The number of aromatic nitrogens is 3. The molecule has 0 atom stereocenters. The number of pyridine rings is 1. The van der Waals surface area contributed by atoms with Gasteiger partial charge in [0.2, 0.25) is 11.8 Å². The zero-order valence-electron chi connectivity index (χ0n) is 16.8. The minimum atomic E-state index is -0.105. The van der Waals surface area contributed by atoms with E-state index in [1.165, 1.54) is 19.3 Å². The zero-order chi connectivity index (χ0) is 19.8. The number of hydrogen-bond donors (Lipinski definition) is 2. The molecule has 0 aliphatic heterocycles. The fourth-order valence-electron chi connectivity index (χ4n) is 6.30. The molecule has 0 unspecified atom stereocenters. The van der Waals surface area contributed by atoms with Crippen molar-refractivity contribution >= 4 is 17.5 Å². The average Bonchev–Trinajstić information content (AvgIpc) is 3.11. The van der Waals surface area contributed by atoms with Gasteiger partial charge in [-0.15, -0.1) is 10.2 Å². The second-order valence-corrected chi connectivity index (χ2v) is 9.38. The van der Waals surface area contributed by atoms with Crippen molar-refractivity contribution in [1.82, 2.24) is 25.2 Å². The molecule has 2 amide bonds. The van der Waals surface area contributed by atoms with E-state index in [4.69, 9.17) is 0 Å². The lowest BCUT2D eigenvalue weighted by Gasteiger charge is -2.55. The predicted octanol–water partition coefficient (Wildman–Crippen LogP) is 2.46. The van der Waals surface area contributed by atoms with Crippen molar-refractivity contribution in [2.75, 3.05) is 6.54 Å². The highest BCUT2D eigenvalue weighted by Crippen LogP contribution is 2.60. The van der Waals surface area contributed by atoms with Crippen molar-refractivity contribution < 1.29 is 9.59 Å². The number of nitrogens with zero attached hydrogens (tertiary/aromatic N) is 3. The van der Waals surface area contributed by atoms with Crippen LogP contribution in [0, 0.1) is 23.2 Å². The third-order valence-corrected chi connectivity index (χ3v) is 7.21. The van der Waals surface area contributed by atoms with Gasteiger partial charge in [-0.2, -0.15) is 0 Å². The number of carbonyl (C=O) groups excluding carboxylic acids is 2. The maximum Gasteiger partial charge on any atom is 0.226 e. The highest BCUT2D eigenvalue weighted by molar-refractivity contribution is 5.83. The largest absolute Gasteiger partial charge is 0.356 e. The first-order valence-corrected chi connectivity index (χ1v) is 10.9. The van der Waals surface area contributed by atoms with Crippen LogP contribution in [0.25, 0.3) is 5.65 Å². The second-order valence-electron chi connectivity index (χ2n) is 9.38.